The van der Waals surface area contributed by atoms with Gasteiger partial charge in [-0.25, -0.2) is 0 Å². The van der Waals surface area contributed by atoms with E-state index in [1.54, 1.807) is 37.3 Å². The van der Waals surface area contributed by atoms with Gasteiger partial charge in [0.05, 0.1) is 5.02 Å². The second kappa shape index (κ2) is 9.43. The molecule has 0 aliphatic heterocycles. The first kappa shape index (κ1) is 19.3. The predicted molar refractivity (Wildman–Crippen MR) is 90.3 cm³/mol. The number of hydrogen-bond acceptors (Lipinski definition) is 3. The van der Waals surface area contributed by atoms with E-state index in [1.807, 2.05) is 12.1 Å². The number of halogens is 2. The Morgan fingerprint density at radius 3 is 2.41 bits per heavy atom. The van der Waals surface area contributed by atoms with E-state index in [-0.39, 0.29) is 47.7 Å². The van der Waals surface area contributed by atoms with Crippen LogP contribution in [0, 0.1) is 0 Å². The van der Waals surface area contributed by atoms with Gasteiger partial charge in [0, 0.05) is 11.4 Å². The molecule has 0 bridgehead atoms. The van der Waals surface area contributed by atoms with Crippen molar-refractivity contribution in [3.63, 3.8) is 0 Å². The van der Waals surface area contributed by atoms with Crippen molar-refractivity contribution in [1.29, 1.82) is 0 Å². The zero-order chi connectivity index (χ0) is 15.2. The number of esters is 1. The minimum absolute atomic E-state index is 0. The molecule has 22 heavy (non-hydrogen) atoms. The topological polar surface area (TPSA) is 35.5 Å². The predicted octanol–water partition coefficient (Wildman–Crippen LogP) is 4.24. The van der Waals surface area contributed by atoms with Crippen LogP contribution in [0.4, 0.5) is 0 Å². The number of ether oxygens (including phenoxy) is 2. The average molecular weight is 349 g/mol. The van der Waals surface area contributed by atoms with E-state index in [1.165, 1.54) is 0 Å². The molecule has 0 heterocycles. The molecule has 112 valence electrons. The third kappa shape index (κ3) is 5.49. The molecule has 0 saturated heterocycles. The van der Waals surface area contributed by atoms with E-state index in [0.29, 0.717) is 22.4 Å². The molecule has 0 aliphatic rings. The average Bonchev–Trinajstić information content (AvgIpc) is 2.49. The maximum absolute atomic E-state index is 11.4. The van der Waals surface area contributed by atoms with Gasteiger partial charge in [-0.3, -0.25) is 4.79 Å². The Bertz CT molecular complexity index is 630. The van der Waals surface area contributed by atoms with Crippen molar-refractivity contribution in [1.82, 2.24) is 0 Å². The molecule has 0 unspecified atom stereocenters. The fourth-order valence-electron chi connectivity index (χ4n) is 1.63. The zero-order valence-corrected chi connectivity index (χ0v) is 12.9. The number of carbonyl (C=O) groups is 1. The van der Waals surface area contributed by atoms with Crippen LogP contribution >= 0.6 is 23.2 Å². The Labute approximate surface area is 161 Å². The van der Waals surface area contributed by atoms with E-state index >= 15 is 0 Å². The van der Waals surface area contributed by atoms with Crippen molar-refractivity contribution >= 4 is 58.7 Å². The van der Waals surface area contributed by atoms with Gasteiger partial charge >= 0.3 is 35.5 Å². The third-order valence-electron chi connectivity index (χ3n) is 2.74. The van der Waals surface area contributed by atoms with Crippen LogP contribution in [-0.4, -0.2) is 35.5 Å². The van der Waals surface area contributed by atoms with E-state index in [0.717, 1.165) is 5.56 Å². The van der Waals surface area contributed by atoms with Gasteiger partial charge in [-0.1, -0.05) is 48.3 Å². The van der Waals surface area contributed by atoms with Crippen molar-refractivity contribution in [3.8, 4) is 11.5 Å². The van der Waals surface area contributed by atoms with Gasteiger partial charge in [-0.2, -0.15) is 0 Å². The fraction of sp³-hybridized carbons (Fsp3) is 0.188. The van der Waals surface area contributed by atoms with E-state index in [2.05, 4.69) is 0 Å². The van der Waals surface area contributed by atoms with Crippen LogP contribution < -0.4 is 9.47 Å². The SMILES string of the molecule is CCC(=O)Oc1c(Cl)cccc1OCc1ccc(Cl)cc1.[NaH]. The summed E-state index contributed by atoms with van der Waals surface area (Å²) in [6.45, 7) is 2.04. The number of benzene rings is 2. The summed E-state index contributed by atoms with van der Waals surface area (Å²) in [5.41, 5.74) is 0.951. The van der Waals surface area contributed by atoms with E-state index < -0.39 is 0 Å². The van der Waals surface area contributed by atoms with Gasteiger partial charge in [0.1, 0.15) is 6.61 Å². The van der Waals surface area contributed by atoms with E-state index in [9.17, 15) is 4.79 Å². The van der Waals surface area contributed by atoms with Gasteiger partial charge in [0.15, 0.2) is 11.5 Å². The molecule has 0 aliphatic carbocycles. The monoisotopic (exact) mass is 348 g/mol. The number of para-hydroxylation sites is 1. The fourth-order valence-corrected chi connectivity index (χ4v) is 1.96. The number of hydrogen-bond donors (Lipinski definition) is 0. The maximum atomic E-state index is 11.4. The molecular weight excluding hydrogens is 334 g/mol. The molecular formula is C16H15Cl2NaO3. The van der Waals surface area contributed by atoms with Gasteiger partial charge in [-0.15, -0.1) is 0 Å². The van der Waals surface area contributed by atoms with Gasteiger partial charge in [0.25, 0.3) is 0 Å². The normalized spacial score (nSPS) is 9.77. The van der Waals surface area contributed by atoms with Crippen LogP contribution in [0.1, 0.15) is 18.9 Å². The molecule has 0 fully saturated rings. The summed E-state index contributed by atoms with van der Waals surface area (Å²) in [7, 11) is 0. The van der Waals surface area contributed by atoms with Crippen LogP contribution in [0.25, 0.3) is 0 Å². The molecule has 0 saturated carbocycles. The van der Waals surface area contributed by atoms with Crippen molar-refractivity contribution in [2.45, 2.75) is 20.0 Å². The molecule has 0 N–H and O–H groups in total. The molecule has 0 spiro atoms. The van der Waals surface area contributed by atoms with Crippen molar-refractivity contribution in [2.24, 2.45) is 0 Å². The molecule has 0 atom stereocenters. The number of rotatable bonds is 5. The summed E-state index contributed by atoms with van der Waals surface area (Å²) in [6.07, 6.45) is 0.266. The quantitative estimate of drug-likeness (QED) is 0.460. The summed E-state index contributed by atoms with van der Waals surface area (Å²) in [5.74, 6) is 0.318. The Morgan fingerprint density at radius 2 is 1.77 bits per heavy atom. The summed E-state index contributed by atoms with van der Waals surface area (Å²) in [4.78, 5) is 11.4. The van der Waals surface area contributed by atoms with Crippen LogP contribution in [0.15, 0.2) is 42.5 Å². The molecule has 0 amide bonds. The Morgan fingerprint density at radius 1 is 1.09 bits per heavy atom. The summed E-state index contributed by atoms with van der Waals surface area (Å²) in [6, 6.07) is 12.4. The zero-order valence-electron chi connectivity index (χ0n) is 11.4. The Kier molecular flexibility index (Phi) is 8.29. The molecule has 2 aromatic rings. The van der Waals surface area contributed by atoms with E-state index in [4.69, 9.17) is 32.7 Å². The van der Waals surface area contributed by atoms with Crippen LogP contribution in [0.2, 0.25) is 10.0 Å². The van der Waals surface area contributed by atoms with Crippen LogP contribution in [0.5, 0.6) is 11.5 Å². The van der Waals surface area contributed by atoms with Gasteiger partial charge < -0.3 is 9.47 Å². The summed E-state index contributed by atoms with van der Waals surface area (Å²) >= 11 is 11.9. The second-order valence-electron chi connectivity index (χ2n) is 4.31. The molecule has 0 radical (unpaired) electrons. The Hall–Kier alpha value is -0.710. The summed E-state index contributed by atoms with van der Waals surface area (Å²) < 4.78 is 10.9. The van der Waals surface area contributed by atoms with Crippen LogP contribution in [0.3, 0.4) is 0 Å². The number of carbonyl (C=O) groups excluding carboxylic acids is 1. The van der Waals surface area contributed by atoms with Crippen LogP contribution in [-0.2, 0) is 11.4 Å². The molecule has 2 aromatic carbocycles. The first-order chi connectivity index (χ1) is 10.1. The first-order valence-corrected chi connectivity index (χ1v) is 7.22. The Balaban J connectivity index is 0.00000242. The third-order valence-corrected chi connectivity index (χ3v) is 3.29. The molecule has 2 rings (SSSR count). The summed E-state index contributed by atoms with van der Waals surface area (Å²) in [5, 5.41) is 1.00. The van der Waals surface area contributed by atoms with Crippen molar-refractivity contribution < 1.29 is 14.3 Å². The molecule has 3 nitrogen and oxygen atoms in total. The van der Waals surface area contributed by atoms with Crippen molar-refractivity contribution in [2.75, 3.05) is 0 Å². The molecule has 0 aromatic heterocycles. The molecule has 6 heteroatoms. The van der Waals surface area contributed by atoms with Gasteiger partial charge in [0.2, 0.25) is 0 Å². The second-order valence-corrected chi connectivity index (χ2v) is 5.15. The van der Waals surface area contributed by atoms with Gasteiger partial charge in [-0.05, 0) is 29.8 Å². The van der Waals surface area contributed by atoms with Crippen molar-refractivity contribution in [3.05, 3.63) is 58.1 Å². The minimum atomic E-state index is -0.362. The first-order valence-electron chi connectivity index (χ1n) is 6.46. The standard InChI is InChI=1S/C16H14Cl2O3.Na.H/c1-2-15(19)21-16-13(18)4-3-5-14(16)20-10-11-6-8-12(17)9-7-11;;/h3-9H,2,10H2,1H3;;.